The molecule has 0 spiro atoms. The number of anilines is 1. The molecule has 0 radical (unpaired) electrons. The van der Waals surface area contributed by atoms with Crippen molar-refractivity contribution in [1.82, 2.24) is 14.4 Å². The number of thiazole rings is 1. The number of nitrogens with zero attached hydrogens (tertiary/aromatic N) is 4. The number of amides is 1. The lowest BCUT2D eigenvalue weighted by Gasteiger charge is -2.23. The zero-order valence-corrected chi connectivity index (χ0v) is 21.2. The molecule has 2 aromatic carbocycles. The standard InChI is InChI=1S/C28H21FN4O4S/c1-3-37-16-11-12-19-20(14-16)38-28(31-19)33-24(17-8-4-5-9-18(17)29)22(26(35)27(33)36)25(34)23-15(2)30-21-10-6-7-13-32(21)23/h4-14,24,34H,3H2,1-2H3. The van der Waals surface area contributed by atoms with E-state index in [2.05, 4.69) is 9.97 Å². The number of aliphatic hydroxyl groups excluding tert-OH is 1. The van der Waals surface area contributed by atoms with Crippen molar-refractivity contribution in [2.75, 3.05) is 11.5 Å². The first-order chi connectivity index (χ1) is 18.4. The van der Waals surface area contributed by atoms with Gasteiger partial charge >= 0.3 is 5.91 Å². The van der Waals surface area contributed by atoms with Crippen molar-refractivity contribution < 1.29 is 23.8 Å². The van der Waals surface area contributed by atoms with Gasteiger partial charge in [-0.25, -0.2) is 14.4 Å². The number of aromatic nitrogens is 3. The highest BCUT2D eigenvalue weighted by molar-refractivity contribution is 7.22. The van der Waals surface area contributed by atoms with E-state index >= 15 is 4.39 Å². The average molecular weight is 529 g/mol. The Morgan fingerprint density at radius 2 is 1.89 bits per heavy atom. The van der Waals surface area contributed by atoms with Crippen molar-refractivity contribution in [3.63, 3.8) is 0 Å². The summed E-state index contributed by atoms with van der Waals surface area (Å²) in [4.78, 5) is 37.2. The Morgan fingerprint density at radius 1 is 1.11 bits per heavy atom. The van der Waals surface area contributed by atoms with Crippen LogP contribution in [0.25, 0.3) is 21.6 Å². The fraction of sp³-hybridized carbons (Fsp3) is 0.143. The predicted octanol–water partition coefficient (Wildman–Crippen LogP) is 5.42. The Morgan fingerprint density at radius 3 is 2.68 bits per heavy atom. The van der Waals surface area contributed by atoms with E-state index in [1.54, 1.807) is 60.0 Å². The molecule has 5 aromatic rings. The monoisotopic (exact) mass is 528 g/mol. The van der Waals surface area contributed by atoms with Gasteiger partial charge in [0.15, 0.2) is 10.9 Å². The first kappa shape index (κ1) is 23.8. The highest BCUT2D eigenvalue weighted by Crippen LogP contribution is 2.45. The smallest absolute Gasteiger partial charge is 0.301 e. The molecule has 10 heteroatoms. The molecule has 1 atom stereocenters. The molecule has 6 rings (SSSR count). The number of ether oxygens (including phenoxy) is 1. The van der Waals surface area contributed by atoms with Gasteiger partial charge in [-0.15, -0.1) is 0 Å². The Balaban J connectivity index is 1.59. The summed E-state index contributed by atoms with van der Waals surface area (Å²) in [5.74, 6) is -2.25. The molecule has 8 nitrogen and oxygen atoms in total. The number of benzene rings is 2. The summed E-state index contributed by atoms with van der Waals surface area (Å²) >= 11 is 1.18. The van der Waals surface area contributed by atoms with E-state index in [9.17, 15) is 14.7 Å². The number of Topliss-reactive ketones (excluding diaryl/α,β-unsaturated/α-hetero) is 1. The molecule has 0 aliphatic carbocycles. The number of pyridine rings is 1. The molecule has 1 fully saturated rings. The molecule has 1 aliphatic heterocycles. The molecule has 190 valence electrons. The molecule has 38 heavy (non-hydrogen) atoms. The topological polar surface area (TPSA) is 97.0 Å². The first-order valence-electron chi connectivity index (χ1n) is 11.9. The van der Waals surface area contributed by atoms with Gasteiger partial charge in [0.2, 0.25) is 0 Å². The van der Waals surface area contributed by atoms with Crippen LogP contribution in [0.3, 0.4) is 0 Å². The number of hydrogen-bond acceptors (Lipinski definition) is 7. The Kier molecular flexibility index (Phi) is 5.68. The minimum Gasteiger partial charge on any atom is -0.505 e. The number of halogens is 1. The third kappa shape index (κ3) is 3.64. The van der Waals surface area contributed by atoms with E-state index in [0.29, 0.717) is 29.2 Å². The van der Waals surface area contributed by atoms with Crippen LogP contribution in [0.5, 0.6) is 5.75 Å². The number of carbonyl (C=O) groups is 2. The predicted molar refractivity (Wildman–Crippen MR) is 142 cm³/mol. The second-order valence-electron chi connectivity index (χ2n) is 8.72. The minimum atomic E-state index is -1.24. The van der Waals surface area contributed by atoms with Crippen LogP contribution in [0.2, 0.25) is 0 Å². The number of fused-ring (bicyclic) bond motifs is 2. The van der Waals surface area contributed by atoms with E-state index in [0.717, 1.165) is 9.60 Å². The fourth-order valence-electron chi connectivity index (χ4n) is 4.80. The van der Waals surface area contributed by atoms with Crippen molar-refractivity contribution >= 4 is 49.8 Å². The largest absolute Gasteiger partial charge is 0.505 e. The van der Waals surface area contributed by atoms with Crippen molar-refractivity contribution in [3.05, 3.63) is 95.2 Å². The molecule has 1 aliphatic rings. The average Bonchev–Trinajstić information content (AvgIpc) is 3.55. The van der Waals surface area contributed by atoms with Crippen LogP contribution in [-0.2, 0) is 9.59 Å². The number of imidazole rings is 1. The van der Waals surface area contributed by atoms with Gasteiger partial charge in [-0.3, -0.25) is 18.9 Å². The van der Waals surface area contributed by atoms with Crippen LogP contribution in [-0.4, -0.2) is 37.8 Å². The van der Waals surface area contributed by atoms with Crippen LogP contribution < -0.4 is 9.64 Å². The van der Waals surface area contributed by atoms with Gasteiger partial charge in [-0.2, -0.15) is 0 Å². The summed E-state index contributed by atoms with van der Waals surface area (Å²) in [6, 6.07) is 15.3. The van der Waals surface area contributed by atoms with E-state index in [1.807, 2.05) is 6.92 Å². The van der Waals surface area contributed by atoms with Crippen molar-refractivity contribution in [3.8, 4) is 5.75 Å². The summed E-state index contributed by atoms with van der Waals surface area (Å²) < 4.78 is 23.2. The summed E-state index contributed by atoms with van der Waals surface area (Å²) in [7, 11) is 0. The molecular weight excluding hydrogens is 507 g/mol. The van der Waals surface area contributed by atoms with Gasteiger partial charge in [-0.05, 0) is 50.2 Å². The van der Waals surface area contributed by atoms with Crippen LogP contribution in [0.4, 0.5) is 9.52 Å². The maximum absolute atomic E-state index is 15.2. The maximum Gasteiger partial charge on any atom is 0.301 e. The molecule has 1 N–H and O–H groups in total. The number of aryl methyl sites for hydroxylation is 1. The summed E-state index contributed by atoms with van der Waals surface area (Å²) in [5.41, 5.74) is 1.69. The number of hydrogen-bond donors (Lipinski definition) is 1. The lowest BCUT2D eigenvalue weighted by molar-refractivity contribution is -0.132. The Hall–Kier alpha value is -4.57. The zero-order valence-electron chi connectivity index (χ0n) is 20.4. The molecule has 1 amide bonds. The number of aliphatic hydroxyl groups is 1. The second-order valence-corrected chi connectivity index (χ2v) is 9.73. The number of ketones is 1. The molecule has 0 bridgehead atoms. The van der Waals surface area contributed by atoms with Gasteiger partial charge in [-0.1, -0.05) is 35.6 Å². The molecule has 1 saturated heterocycles. The quantitative estimate of drug-likeness (QED) is 0.186. The van der Waals surface area contributed by atoms with Crippen molar-refractivity contribution in [1.29, 1.82) is 0 Å². The molecule has 3 aromatic heterocycles. The van der Waals surface area contributed by atoms with E-state index in [-0.39, 0.29) is 22.0 Å². The molecule has 1 unspecified atom stereocenters. The van der Waals surface area contributed by atoms with E-state index in [4.69, 9.17) is 4.74 Å². The molecule has 0 saturated carbocycles. The van der Waals surface area contributed by atoms with Gasteiger partial charge < -0.3 is 9.84 Å². The Bertz CT molecular complexity index is 1790. The van der Waals surface area contributed by atoms with E-state index in [1.165, 1.54) is 29.5 Å². The number of rotatable bonds is 5. The third-order valence-corrected chi connectivity index (χ3v) is 7.46. The number of carbonyl (C=O) groups excluding carboxylic acids is 2. The van der Waals surface area contributed by atoms with Gasteiger partial charge in [0.25, 0.3) is 5.78 Å². The summed E-state index contributed by atoms with van der Waals surface area (Å²) in [6.45, 7) is 4.06. The molecular formula is C28H21FN4O4S. The third-order valence-electron chi connectivity index (χ3n) is 6.44. The first-order valence-corrected chi connectivity index (χ1v) is 12.7. The fourth-order valence-corrected chi connectivity index (χ4v) is 5.82. The van der Waals surface area contributed by atoms with Crippen LogP contribution >= 0.6 is 11.3 Å². The summed E-state index contributed by atoms with van der Waals surface area (Å²) in [5, 5.41) is 11.8. The van der Waals surface area contributed by atoms with Crippen molar-refractivity contribution in [2.45, 2.75) is 19.9 Å². The highest BCUT2D eigenvalue weighted by atomic mass is 32.1. The van der Waals surface area contributed by atoms with Gasteiger partial charge in [0.1, 0.15) is 28.9 Å². The van der Waals surface area contributed by atoms with Crippen molar-refractivity contribution in [2.24, 2.45) is 0 Å². The lowest BCUT2D eigenvalue weighted by atomic mass is 9.96. The van der Waals surface area contributed by atoms with Gasteiger partial charge in [0.05, 0.1) is 28.1 Å². The minimum absolute atomic E-state index is 0.0639. The normalized spacial score (nSPS) is 17.1. The lowest BCUT2D eigenvalue weighted by Crippen LogP contribution is -2.29. The van der Waals surface area contributed by atoms with Crippen LogP contribution in [0.1, 0.15) is 29.9 Å². The maximum atomic E-state index is 15.2. The Labute approximate surface area is 220 Å². The molecule has 4 heterocycles. The van der Waals surface area contributed by atoms with Gasteiger partial charge in [0, 0.05) is 11.8 Å². The SMILES string of the molecule is CCOc1ccc2nc(N3C(=O)C(=O)C(=C(O)c4c(C)nc5ccccn45)C3c3ccccc3F)sc2c1. The highest BCUT2D eigenvalue weighted by Gasteiger charge is 2.49. The second kappa shape index (κ2) is 9.07. The summed E-state index contributed by atoms with van der Waals surface area (Å²) in [6.07, 6.45) is 1.70. The van der Waals surface area contributed by atoms with Crippen LogP contribution in [0.15, 0.2) is 72.4 Å². The zero-order chi connectivity index (χ0) is 26.6. The van der Waals surface area contributed by atoms with E-state index < -0.39 is 29.3 Å². The van der Waals surface area contributed by atoms with Crippen LogP contribution in [0, 0.1) is 12.7 Å².